The molecule has 2 rings (SSSR count). The summed E-state index contributed by atoms with van der Waals surface area (Å²) in [6.45, 7) is 2.75. The minimum Gasteiger partial charge on any atom is -0.491 e. The van der Waals surface area contributed by atoms with E-state index in [1.807, 2.05) is 0 Å². The van der Waals surface area contributed by atoms with Crippen LogP contribution in [0.5, 0.6) is 5.75 Å². The zero-order valence-corrected chi connectivity index (χ0v) is 12.6. The number of aliphatic hydroxyl groups excluding tert-OH is 1. The average Bonchev–Trinajstić information content (AvgIpc) is 3.27. The van der Waals surface area contributed by atoms with Crippen molar-refractivity contribution in [1.82, 2.24) is 10.2 Å². The smallest absolute Gasteiger partial charge is 0.119 e. The van der Waals surface area contributed by atoms with Crippen molar-refractivity contribution in [3.05, 3.63) is 29.3 Å². The second kappa shape index (κ2) is 7.84. The SMILES string of the molecule is CN(CCNCC(O)COc1ccc(Cl)cc1)C1CC1. The molecule has 1 saturated carbocycles. The van der Waals surface area contributed by atoms with Gasteiger partial charge in [0, 0.05) is 30.7 Å². The summed E-state index contributed by atoms with van der Waals surface area (Å²) in [6.07, 6.45) is 2.15. The predicted octanol–water partition coefficient (Wildman–Crippen LogP) is 1.76. The second-order valence-corrected chi connectivity index (χ2v) is 5.77. The fraction of sp³-hybridized carbons (Fsp3) is 0.600. The number of benzene rings is 1. The highest BCUT2D eigenvalue weighted by Crippen LogP contribution is 2.24. The molecule has 0 aromatic heterocycles. The van der Waals surface area contributed by atoms with E-state index in [0.29, 0.717) is 11.6 Å². The number of hydrogen-bond donors (Lipinski definition) is 2. The lowest BCUT2D eigenvalue weighted by Crippen LogP contribution is -2.36. The first-order valence-electron chi connectivity index (χ1n) is 7.12. The highest BCUT2D eigenvalue weighted by Gasteiger charge is 2.25. The lowest BCUT2D eigenvalue weighted by molar-refractivity contribution is 0.106. The molecule has 1 aliphatic carbocycles. The number of nitrogens with zero attached hydrogens (tertiary/aromatic N) is 1. The zero-order chi connectivity index (χ0) is 14.4. The van der Waals surface area contributed by atoms with E-state index in [9.17, 15) is 5.11 Å². The van der Waals surface area contributed by atoms with E-state index in [-0.39, 0.29) is 6.61 Å². The summed E-state index contributed by atoms with van der Waals surface area (Å²) >= 11 is 5.79. The number of aliphatic hydroxyl groups is 1. The Labute approximate surface area is 125 Å². The molecule has 0 saturated heterocycles. The van der Waals surface area contributed by atoms with Crippen LogP contribution in [0, 0.1) is 0 Å². The molecule has 1 aromatic rings. The van der Waals surface area contributed by atoms with Crippen molar-refractivity contribution in [2.75, 3.05) is 33.3 Å². The van der Waals surface area contributed by atoms with Gasteiger partial charge in [0.2, 0.25) is 0 Å². The highest BCUT2D eigenvalue weighted by atomic mass is 35.5. The third kappa shape index (κ3) is 5.67. The summed E-state index contributed by atoms with van der Waals surface area (Å²) in [7, 11) is 2.15. The lowest BCUT2D eigenvalue weighted by Gasteiger charge is -2.17. The summed E-state index contributed by atoms with van der Waals surface area (Å²) in [6, 6.07) is 7.93. The van der Waals surface area contributed by atoms with Crippen LogP contribution in [0.1, 0.15) is 12.8 Å². The molecule has 1 atom stereocenters. The standard InChI is InChI=1S/C15H23ClN2O2/c1-18(13-4-5-13)9-8-17-10-14(19)11-20-15-6-2-12(16)3-7-15/h2-3,6-7,13-14,17,19H,4-5,8-11H2,1H3. The first kappa shape index (κ1) is 15.6. The van der Waals surface area contributed by atoms with E-state index in [1.165, 1.54) is 12.8 Å². The van der Waals surface area contributed by atoms with Crippen LogP contribution in [0.2, 0.25) is 5.02 Å². The molecule has 0 spiro atoms. The van der Waals surface area contributed by atoms with E-state index >= 15 is 0 Å². The molecule has 2 N–H and O–H groups in total. The third-order valence-electron chi connectivity index (χ3n) is 3.45. The predicted molar refractivity (Wildman–Crippen MR) is 81.5 cm³/mol. The van der Waals surface area contributed by atoms with Crippen LogP contribution in [-0.2, 0) is 0 Å². The van der Waals surface area contributed by atoms with Crippen molar-refractivity contribution in [3.8, 4) is 5.75 Å². The van der Waals surface area contributed by atoms with Gasteiger partial charge >= 0.3 is 0 Å². The first-order valence-corrected chi connectivity index (χ1v) is 7.50. The van der Waals surface area contributed by atoms with Gasteiger partial charge in [-0.05, 0) is 44.2 Å². The van der Waals surface area contributed by atoms with Crippen LogP contribution in [0.25, 0.3) is 0 Å². The Morgan fingerprint density at radius 1 is 1.40 bits per heavy atom. The van der Waals surface area contributed by atoms with Gasteiger partial charge in [0.1, 0.15) is 18.5 Å². The maximum atomic E-state index is 9.82. The fourth-order valence-electron chi connectivity index (χ4n) is 2.00. The van der Waals surface area contributed by atoms with E-state index < -0.39 is 6.10 Å². The molecule has 1 aromatic carbocycles. The Balaban J connectivity index is 1.53. The van der Waals surface area contributed by atoms with Crippen LogP contribution in [0.15, 0.2) is 24.3 Å². The molecule has 4 nitrogen and oxygen atoms in total. The van der Waals surface area contributed by atoms with Gasteiger partial charge in [-0.2, -0.15) is 0 Å². The van der Waals surface area contributed by atoms with Gasteiger partial charge in [-0.15, -0.1) is 0 Å². The maximum Gasteiger partial charge on any atom is 0.119 e. The molecule has 0 aliphatic heterocycles. The molecule has 5 heteroatoms. The molecule has 0 radical (unpaired) electrons. The Morgan fingerprint density at radius 3 is 2.75 bits per heavy atom. The van der Waals surface area contributed by atoms with Crippen molar-refractivity contribution in [1.29, 1.82) is 0 Å². The summed E-state index contributed by atoms with van der Waals surface area (Å²) < 4.78 is 5.49. The number of halogens is 1. The van der Waals surface area contributed by atoms with Gasteiger partial charge in [0.15, 0.2) is 0 Å². The van der Waals surface area contributed by atoms with Gasteiger partial charge in [-0.1, -0.05) is 11.6 Å². The Kier molecular flexibility index (Phi) is 6.10. The minimum absolute atomic E-state index is 0.285. The third-order valence-corrected chi connectivity index (χ3v) is 3.70. The van der Waals surface area contributed by atoms with E-state index in [0.717, 1.165) is 24.9 Å². The van der Waals surface area contributed by atoms with Gasteiger partial charge in [-0.3, -0.25) is 0 Å². The van der Waals surface area contributed by atoms with Crippen LogP contribution < -0.4 is 10.1 Å². The number of ether oxygens (including phenoxy) is 1. The van der Waals surface area contributed by atoms with Crippen LogP contribution in [0.4, 0.5) is 0 Å². The first-order chi connectivity index (χ1) is 9.65. The van der Waals surface area contributed by atoms with E-state index in [1.54, 1.807) is 24.3 Å². The number of nitrogens with one attached hydrogen (secondary N) is 1. The van der Waals surface area contributed by atoms with Crippen molar-refractivity contribution in [2.24, 2.45) is 0 Å². The molecular formula is C15H23ClN2O2. The quantitative estimate of drug-likeness (QED) is 0.682. The lowest BCUT2D eigenvalue weighted by atomic mass is 10.3. The molecule has 0 bridgehead atoms. The van der Waals surface area contributed by atoms with Gasteiger partial charge < -0.3 is 20.1 Å². The van der Waals surface area contributed by atoms with E-state index in [2.05, 4.69) is 17.3 Å². The summed E-state index contributed by atoms with van der Waals surface area (Å²) in [4.78, 5) is 2.36. The Hall–Kier alpha value is -0.810. The molecule has 1 aliphatic rings. The molecule has 0 amide bonds. The number of likely N-dealkylation sites (N-methyl/N-ethyl adjacent to an activating group) is 1. The van der Waals surface area contributed by atoms with Crippen LogP contribution >= 0.6 is 11.6 Å². The molecule has 20 heavy (non-hydrogen) atoms. The topological polar surface area (TPSA) is 44.7 Å². The Morgan fingerprint density at radius 2 is 2.10 bits per heavy atom. The molecule has 1 unspecified atom stereocenters. The normalized spacial score (nSPS) is 16.4. The largest absolute Gasteiger partial charge is 0.491 e. The number of rotatable bonds is 9. The fourth-order valence-corrected chi connectivity index (χ4v) is 2.13. The number of hydrogen-bond acceptors (Lipinski definition) is 4. The molecular weight excluding hydrogens is 276 g/mol. The monoisotopic (exact) mass is 298 g/mol. The van der Waals surface area contributed by atoms with Crippen molar-refractivity contribution < 1.29 is 9.84 Å². The van der Waals surface area contributed by atoms with E-state index in [4.69, 9.17) is 16.3 Å². The van der Waals surface area contributed by atoms with Crippen LogP contribution in [0.3, 0.4) is 0 Å². The maximum absolute atomic E-state index is 9.82. The van der Waals surface area contributed by atoms with Crippen LogP contribution in [-0.4, -0.2) is 55.4 Å². The second-order valence-electron chi connectivity index (χ2n) is 5.33. The van der Waals surface area contributed by atoms with Crippen molar-refractivity contribution >= 4 is 11.6 Å². The zero-order valence-electron chi connectivity index (χ0n) is 11.9. The van der Waals surface area contributed by atoms with Crippen molar-refractivity contribution in [3.63, 3.8) is 0 Å². The molecule has 0 heterocycles. The van der Waals surface area contributed by atoms with Crippen molar-refractivity contribution in [2.45, 2.75) is 25.0 Å². The molecule has 112 valence electrons. The van der Waals surface area contributed by atoms with Gasteiger partial charge in [0.05, 0.1) is 0 Å². The summed E-state index contributed by atoms with van der Waals surface area (Å²) in [5.74, 6) is 0.724. The summed E-state index contributed by atoms with van der Waals surface area (Å²) in [5.41, 5.74) is 0. The highest BCUT2D eigenvalue weighted by molar-refractivity contribution is 6.30. The minimum atomic E-state index is -0.503. The van der Waals surface area contributed by atoms with Gasteiger partial charge in [0.25, 0.3) is 0 Å². The Bertz CT molecular complexity index is 395. The van der Waals surface area contributed by atoms with Gasteiger partial charge in [-0.25, -0.2) is 0 Å². The molecule has 1 fully saturated rings. The average molecular weight is 299 g/mol. The summed E-state index contributed by atoms with van der Waals surface area (Å²) in [5, 5.41) is 13.8.